The van der Waals surface area contributed by atoms with Crippen molar-refractivity contribution < 1.29 is 19.8 Å². The van der Waals surface area contributed by atoms with Gasteiger partial charge < -0.3 is 15.1 Å². The SMILES string of the molecule is O=C(O)[C@@H]1CCCN1C(=O)CC(Br)c1c(O)ccc2ccccc12. The molecule has 1 aliphatic rings. The lowest BCUT2D eigenvalue weighted by molar-refractivity contribution is -0.148. The van der Waals surface area contributed by atoms with Crippen molar-refractivity contribution in [3.05, 3.63) is 42.0 Å². The molecule has 0 aliphatic carbocycles. The first kappa shape index (κ1) is 16.8. The van der Waals surface area contributed by atoms with Gasteiger partial charge in [0.2, 0.25) is 5.91 Å². The third-order valence-electron chi connectivity index (χ3n) is 4.47. The minimum absolute atomic E-state index is 0.103. The van der Waals surface area contributed by atoms with Crippen molar-refractivity contribution in [1.29, 1.82) is 0 Å². The van der Waals surface area contributed by atoms with E-state index in [4.69, 9.17) is 0 Å². The zero-order chi connectivity index (χ0) is 17.3. The molecule has 24 heavy (non-hydrogen) atoms. The quantitative estimate of drug-likeness (QED) is 0.782. The Morgan fingerprint density at radius 2 is 2.00 bits per heavy atom. The normalized spacial score (nSPS) is 18.7. The van der Waals surface area contributed by atoms with Crippen LogP contribution in [0.2, 0.25) is 0 Å². The Hall–Kier alpha value is -2.08. The molecule has 0 spiro atoms. The number of phenols is 1. The number of nitrogens with zero attached hydrogens (tertiary/aromatic N) is 1. The number of carbonyl (C=O) groups excluding carboxylic acids is 1. The van der Waals surface area contributed by atoms with Crippen molar-refractivity contribution in [1.82, 2.24) is 4.90 Å². The fourth-order valence-electron chi connectivity index (χ4n) is 3.31. The number of alkyl halides is 1. The summed E-state index contributed by atoms with van der Waals surface area (Å²) in [6.07, 6.45) is 1.30. The smallest absolute Gasteiger partial charge is 0.326 e. The fourth-order valence-corrected chi connectivity index (χ4v) is 4.07. The molecule has 1 unspecified atom stereocenters. The Morgan fingerprint density at radius 3 is 2.75 bits per heavy atom. The highest BCUT2D eigenvalue weighted by atomic mass is 79.9. The lowest BCUT2D eigenvalue weighted by Crippen LogP contribution is -2.40. The molecule has 1 saturated heterocycles. The zero-order valence-corrected chi connectivity index (χ0v) is 14.6. The van der Waals surface area contributed by atoms with Crippen LogP contribution in [-0.2, 0) is 9.59 Å². The fraction of sp³-hybridized carbons (Fsp3) is 0.333. The van der Waals surface area contributed by atoms with Crippen LogP contribution in [0, 0.1) is 0 Å². The van der Waals surface area contributed by atoms with E-state index in [-0.39, 0.29) is 22.9 Å². The molecule has 1 heterocycles. The minimum atomic E-state index is -0.958. The molecule has 0 aromatic heterocycles. The summed E-state index contributed by atoms with van der Waals surface area (Å²) in [7, 11) is 0. The van der Waals surface area contributed by atoms with Gasteiger partial charge in [0, 0.05) is 18.5 Å². The summed E-state index contributed by atoms with van der Waals surface area (Å²) in [4.78, 5) is 24.8. The number of halogens is 1. The molecule has 2 atom stereocenters. The van der Waals surface area contributed by atoms with E-state index in [0.29, 0.717) is 24.9 Å². The summed E-state index contributed by atoms with van der Waals surface area (Å²) in [5.41, 5.74) is 0.660. The van der Waals surface area contributed by atoms with Crippen molar-refractivity contribution in [2.24, 2.45) is 0 Å². The summed E-state index contributed by atoms with van der Waals surface area (Å²) in [5.74, 6) is -1.05. The van der Waals surface area contributed by atoms with E-state index in [1.807, 2.05) is 30.3 Å². The number of fused-ring (bicyclic) bond motifs is 1. The van der Waals surface area contributed by atoms with Gasteiger partial charge in [-0.2, -0.15) is 0 Å². The average Bonchev–Trinajstić information content (AvgIpc) is 3.04. The monoisotopic (exact) mass is 391 g/mol. The van der Waals surface area contributed by atoms with E-state index < -0.39 is 12.0 Å². The number of aliphatic carboxylic acids is 1. The van der Waals surface area contributed by atoms with Crippen molar-refractivity contribution in [2.45, 2.75) is 30.1 Å². The van der Waals surface area contributed by atoms with Crippen LogP contribution in [0.3, 0.4) is 0 Å². The molecule has 3 rings (SSSR count). The second kappa shape index (κ2) is 6.81. The number of rotatable bonds is 4. The molecule has 0 radical (unpaired) electrons. The number of carboxylic acids is 1. The number of hydrogen-bond acceptors (Lipinski definition) is 3. The Labute approximate surface area is 148 Å². The van der Waals surface area contributed by atoms with Gasteiger partial charge in [-0.25, -0.2) is 4.79 Å². The first-order chi connectivity index (χ1) is 11.5. The standard InChI is InChI=1S/C18H18BrNO4/c19-13(10-16(22)20-9-3-6-14(20)18(23)24)17-12-5-2-1-4-11(12)7-8-15(17)21/h1-2,4-5,7-8,13-14,21H,3,6,9-10H2,(H,23,24)/t13?,14-/m0/s1. The summed E-state index contributed by atoms with van der Waals surface area (Å²) >= 11 is 3.51. The molecule has 1 aliphatic heterocycles. The van der Waals surface area contributed by atoms with E-state index in [1.54, 1.807) is 6.07 Å². The maximum Gasteiger partial charge on any atom is 0.326 e. The lowest BCUT2D eigenvalue weighted by Gasteiger charge is -2.23. The van der Waals surface area contributed by atoms with Gasteiger partial charge in [0.15, 0.2) is 0 Å². The van der Waals surface area contributed by atoms with Crippen molar-refractivity contribution in [2.75, 3.05) is 6.54 Å². The molecule has 2 aromatic rings. The molecule has 1 fully saturated rings. The molecule has 0 saturated carbocycles. The summed E-state index contributed by atoms with van der Waals surface area (Å²) in [5, 5.41) is 21.3. The highest BCUT2D eigenvalue weighted by Crippen LogP contribution is 2.39. The molecular weight excluding hydrogens is 374 g/mol. The molecule has 6 heteroatoms. The van der Waals surface area contributed by atoms with Gasteiger partial charge in [-0.15, -0.1) is 0 Å². The van der Waals surface area contributed by atoms with Crippen LogP contribution in [0.25, 0.3) is 10.8 Å². The first-order valence-electron chi connectivity index (χ1n) is 7.86. The second-order valence-electron chi connectivity index (χ2n) is 5.97. The topological polar surface area (TPSA) is 77.8 Å². The summed E-state index contributed by atoms with van der Waals surface area (Å²) in [6.45, 7) is 0.469. The molecule has 5 nitrogen and oxygen atoms in total. The highest BCUT2D eigenvalue weighted by molar-refractivity contribution is 9.09. The van der Waals surface area contributed by atoms with Crippen molar-refractivity contribution in [3.63, 3.8) is 0 Å². The van der Waals surface area contributed by atoms with Crippen LogP contribution in [-0.4, -0.2) is 39.6 Å². The van der Waals surface area contributed by atoms with Crippen molar-refractivity contribution >= 4 is 38.6 Å². The number of benzene rings is 2. The number of aromatic hydroxyl groups is 1. The maximum absolute atomic E-state index is 12.5. The average molecular weight is 392 g/mol. The Kier molecular flexibility index (Phi) is 4.76. The third kappa shape index (κ3) is 3.11. The number of amides is 1. The highest BCUT2D eigenvalue weighted by Gasteiger charge is 2.34. The Morgan fingerprint density at radius 1 is 1.25 bits per heavy atom. The van der Waals surface area contributed by atoms with Gasteiger partial charge in [0.05, 0.1) is 4.83 Å². The van der Waals surface area contributed by atoms with E-state index in [2.05, 4.69) is 15.9 Å². The molecule has 2 aromatic carbocycles. The van der Waals surface area contributed by atoms with Gasteiger partial charge in [-0.05, 0) is 29.7 Å². The second-order valence-corrected chi connectivity index (χ2v) is 7.08. The van der Waals surface area contributed by atoms with Crippen LogP contribution in [0.5, 0.6) is 5.75 Å². The van der Waals surface area contributed by atoms with Crippen LogP contribution in [0.1, 0.15) is 29.7 Å². The Balaban J connectivity index is 1.85. The number of carboxylic acid groups (broad SMARTS) is 1. The first-order valence-corrected chi connectivity index (χ1v) is 8.77. The lowest BCUT2D eigenvalue weighted by atomic mass is 9.99. The summed E-state index contributed by atoms with van der Waals surface area (Å²) < 4.78 is 0. The summed E-state index contributed by atoms with van der Waals surface area (Å²) in [6, 6.07) is 10.4. The largest absolute Gasteiger partial charge is 0.508 e. The van der Waals surface area contributed by atoms with Gasteiger partial charge >= 0.3 is 5.97 Å². The molecule has 0 bridgehead atoms. The van der Waals surface area contributed by atoms with E-state index in [9.17, 15) is 19.8 Å². The molecular formula is C18H18BrNO4. The third-order valence-corrected chi connectivity index (χ3v) is 5.25. The van der Waals surface area contributed by atoms with Crippen LogP contribution < -0.4 is 0 Å². The van der Waals surface area contributed by atoms with E-state index >= 15 is 0 Å². The molecule has 1 amide bonds. The number of phenolic OH excluding ortho intramolecular Hbond substituents is 1. The molecule has 126 valence electrons. The van der Waals surface area contributed by atoms with Crippen LogP contribution >= 0.6 is 15.9 Å². The number of hydrogen-bond donors (Lipinski definition) is 2. The maximum atomic E-state index is 12.5. The van der Waals surface area contributed by atoms with Gasteiger partial charge in [-0.1, -0.05) is 46.3 Å². The predicted molar refractivity (Wildman–Crippen MR) is 94.3 cm³/mol. The Bertz CT molecular complexity index is 792. The number of carbonyl (C=O) groups is 2. The molecule has 2 N–H and O–H groups in total. The number of likely N-dealkylation sites (tertiary alicyclic amines) is 1. The van der Waals surface area contributed by atoms with Crippen LogP contribution in [0.15, 0.2) is 36.4 Å². The predicted octanol–water partition coefficient (Wildman–Crippen LogP) is 3.45. The minimum Gasteiger partial charge on any atom is -0.508 e. The van der Waals surface area contributed by atoms with Gasteiger partial charge in [0.25, 0.3) is 0 Å². The van der Waals surface area contributed by atoms with Gasteiger partial charge in [0.1, 0.15) is 11.8 Å². The van der Waals surface area contributed by atoms with Crippen molar-refractivity contribution in [3.8, 4) is 5.75 Å². The van der Waals surface area contributed by atoms with Gasteiger partial charge in [-0.3, -0.25) is 4.79 Å². The van der Waals surface area contributed by atoms with E-state index in [1.165, 1.54) is 4.90 Å². The van der Waals surface area contributed by atoms with E-state index in [0.717, 1.165) is 10.8 Å². The zero-order valence-electron chi connectivity index (χ0n) is 13.0. The van der Waals surface area contributed by atoms with Crippen LogP contribution in [0.4, 0.5) is 0 Å².